The highest BCUT2D eigenvalue weighted by Gasteiger charge is 2.29. The molecule has 1 aliphatic heterocycles. The quantitative estimate of drug-likeness (QED) is 0.721. The molecule has 0 amide bonds. The normalized spacial score (nSPS) is 30.6. The average molecular weight is 257 g/mol. The van der Waals surface area contributed by atoms with E-state index >= 15 is 0 Å². The first-order valence-electron chi connectivity index (χ1n) is 7.87. The second-order valence-corrected chi connectivity index (χ2v) is 9.65. The topological polar surface area (TPSA) is 26.0 Å². The van der Waals surface area contributed by atoms with Gasteiger partial charge < -0.3 is 0 Å². The Hall–Kier alpha value is 0.310. The zero-order valence-electron chi connectivity index (χ0n) is 11.5. The first-order valence-corrected chi connectivity index (χ1v) is 9.96. The number of rotatable bonds is 1. The van der Waals surface area contributed by atoms with Gasteiger partial charge in [0.05, 0.1) is 0 Å². The van der Waals surface area contributed by atoms with Crippen molar-refractivity contribution in [2.75, 3.05) is 11.5 Å². The van der Waals surface area contributed by atoms with Crippen LogP contribution >= 0.6 is 10.2 Å². The van der Waals surface area contributed by atoms with E-state index in [9.17, 15) is 0 Å². The largest absolute Gasteiger partial charge is 0.294 e. The van der Waals surface area contributed by atoms with Gasteiger partial charge in [0.2, 0.25) is 0 Å². The molecule has 0 aromatic heterocycles. The van der Waals surface area contributed by atoms with E-state index in [2.05, 4.69) is 0 Å². The lowest BCUT2D eigenvalue weighted by atomic mass is 10.0. The number of nitrogens with two attached hydrogens (primary N) is 1. The van der Waals surface area contributed by atoms with E-state index in [0.29, 0.717) is 0 Å². The molecule has 1 nitrogen and oxygen atoms in total. The molecule has 2 N–H and O–H groups in total. The smallest absolute Gasteiger partial charge is 0.000251 e. The van der Waals surface area contributed by atoms with Crippen LogP contribution in [0.3, 0.4) is 0 Å². The molecule has 2 fully saturated rings. The molecule has 1 saturated heterocycles. The molecular formula is C15H31NS. The second kappa shape index (κ2) is 7.04. The van der Waals surface area contributed by atoms with E-state index in [-0.39, 0.29) is 0 Å². The molecule has 1 saturated carbocycles. The molecular weight excluding hydrogens is 226 g/mol. The summed E-state index contributed by atoms with van der Waals surface area (Å²) in [4.78, 5) is 0. The minimum Gasteiger partial charge on any atom is -0.294 e. The van der Waals surface area contributed by atoms with Gasteiger partial charge in [-0.1, -0.05) is 51.4 Å². The summed E-state index contributed by atoms with van der Waals surface area (Å²) < 4.78 is 0. The first kappa shape index (κ1) is 13.7. The van der Waals surface area contributed by atoms with E-state index in [0.717, 1.165) is 5.25 Å². The fourth-order valence-corrected chi connectivity index (χ4v) is 7.22. The van der Waals surface area contributed by atoms with Crippen molar-refractivity contribution in [3.8, 4) is 0 Å². The predicted molar refractivity (Wildman–Crippen MR) is 80.7 cm³/mol. The maximum atomic E-state index is 6.91. The Bertz CT molecular complexity index is 201. The summed E-state index contributed by atoms with van der Waals surface area (Å²) in [5.74, 6) is 2.77. The Morgan fingerprint density at radius 1 is 0.588 bits per heavy atom. The summed E-state index contributed by atoms with van der Waals surface area (Å²) in [6.45, 7) is 0. The predicted octanol–water partition coefficient (Wildman–Crippen LogP) is 4.74. The SMILES string of the molecule is NS1(C2CCCCCCC2)CCCCCCC1. The van der Waals surface area contributed by atoms with Crippen LogP contribution in [-0.2, 0) is 0 Å². The summed E-state index contributed by atoms with van der Waals surface area (Å²) in [5.41, 5.74) is 0. The molecule has 0 spiro atoms. The Morgan fingerprint density at radius 2 is 1.00 bits per heavy atom. The lowest BCUT2D eigenvalue weighted by Gasteiger charge is -2.45. The highest BCUT2D eigenvalue weighted by atomic mass is 32.3. The first-order chi connectivity index (χ1) is 8.31. The Morgan fingerprint density at radius 3 is 1.53 bits per heavy atom. The van der Waals surface area contributed by atoms with Crippen LogP contribution in [0.5, 0.6) is 0 Å². The van der Waals surface area contributed by atoms with Gasteiger partial charge in [0.1, 0.15) is 0 Å². The molecule has 2 heteroatoms. The standard InChI is InChI=1S/C15H31NS/c16-17(13-9-5-2-6-10-14-17)15-11-7-3-1-4-8-12-15/h15H,1-14,16H2. The van der Waals surface area contributed by atoms with Crippen molar-refractivity contribution in [1.82, 2.24) is 0 Å². The summed E-state index contributed by atoms with van der Waals surface area (Å²) >= 11 is 0. The van der Waals surface area contributed by atoms with Crippen molar-refractivity contribution in [3.63, 3.8) is 0 Å². The van der Waals surface area contributed by atoms with Gasteiger partial charge >= 0.3 is 0 Å². The highest BCUT2D eigenvalue weighted by Crippen LogP contribution is 2.51. The molecule has 0 aromatic rings. The van der Waals surface area contributed by atoms with Gasteiger partial charge in [0, 0.05) is 5.25 Å². The summed E-state index contributed by atoms with van der Waals surface area (Å²) in [5, 5.41) is 7.82. The summed E-state index contributed by atoms with van der Waals surface area (Å²) in [6, 6.07) is 0. The zero-order valence-corrected chi connectivity index (χ0v) is 12.3. The van der Waals surface area contributed by atoms with Crippen LogP contribution < -0.4 is 5.14 Å². The van der Waals surface area contributed by atoms with Gasteiger partial charge in [-0.15, -0.1) is 0 Å². The van der Waals surface area contributed by atoms with Crippen LogP contribution in [0.25, 0.3) is 0 Å². The molecule has 0 radical (unpaired) electrons. The van der Waals surface area contributed by atoms with Crippen LogP contribution in [0.1, 0.15) is 77.0 Å². The second-order valence-electron chi connectivity index (χ2n) is 6.15. The van der Waals surface area contributed by atoms with Crippen LogP contribution in [0.4, 0.5) is 0 Å². The van der Waals surface area contributed by atoms with E-state index in [1.54, 1.807) is 0 Å². The third-order valence-corrected chi connectivity index (χ3v) is 8.66. The fourth-order valence-electron chi connectivity index (χ4n) is 3.60. The number of hydrogen-bond donors (Lipinski definition) is 1. The monoisotopic (exact) mass is 257 g/mol. The van der Waals surface area contributed by atoms with Crippen molar-refractivity contribution < 1.29 is 0 Å². The lowest BCUT2D eigenvalue weighted by Crippen LogP contribution is -2.32. The van der Waals surface area contributed by atoms with E-state index < -0.39 is 10.2 Å². The molecule has 1 heterocycles. The van der Waals surface area contributed by atoms with E-state index in [1.165, 1.54) is 88.6 Å². The van der Waals surface area contributed by atoms with Gasteiger partial charge in [-0.25, -0.2) is 0 Å². The Balaban J connectivity index is 1.94. The van der Waals surface area contributed by atoms with Crippen molar-refractivity contribution >= 4 is 10.2 Å². The third kappa shape index (κ3) is 4.17. The molecule has 0 aromatic carbocycles. The van der Waals surface area contributed by atoms with Gasteiger partial charge in [0.15, 0.2) is 0 Å². The molecule has 0 bridgehead atoms. The Kier molecular flexibility index (Phi) is 5.68. The van der Waals surface area contributed by atoms with Gasteiger partial charge in [0.25, 0.3) is 0 Å². The molecule has 0 unspecified atom stereocenters. The van der Waals surface area contributed by atoms with Crippen molar-refractivity contribution in [2.45, 2.75) is 82.3 Å². The molecule has 0 atom stereocenters. The average Bonchev–Trinajstić information content (AvgIpc) is 2.23. The van der Waals surface area contributed by atoms with Gasteiger partial charge in [-0.3, -0.25) is 5.14 Å². The van der Waals surface area contributed by atoms with Crippen LogP contribution in [-0.4, -0.2) is 16.8 Å². The molecule has 102 valence electrons. The summed E-state index contributed by atoms with van der Waals surface area (Å²) in [6.07, 6.45) is 17.4. The molecule has 17 heavy (non-hydrogen) atoms. The molecule has 2 aliphatic rings. The Labute approximate surface area is 109 Å². The number of hydrogen-bond acceptors (Lipinski definition) is 1. The van der Waals surface area contributed by atoms with Crippen LogP contribution in [0.2, 0.25) is 0 Å². The van der Waals surface area contributed by atoms with Crippen molar-refractivity contribution in [3.05, 3.63) is 0 Å². The maximum absolute atomic E-state index is 6.91. The highest BCUT2D eigenvalue weighted by molar-refractivity contribution is 8.32. The maximum Gasteiger partial charge on any atom is 0.000251 e. The van der Waals surface area contributed by atoms with E-state index in [1.807, 2.05) is 0 Å². The van der Waals surface area contributed by atoms with Gasteiger partial charge in [-0.05, 0) is 37.2 Å². The van der Waals surface area contributed by atoms with Crippen LogP contribution in [0.15, 0.2) is 0 Å². The van der Waals surface area contributed by atoms with E-state index in [4.69, 9.17) is 5.14 Å². The molecule has 1 aliphatic carbocycles. The molecule has 2 rings (SSSR count). The fraction of sp³-hybridized carbons (Fsp3) is 1.00. The minimum absolute atomic E-state index is 0.741. The zero-order chi connectivity index (χ0) is 12.0. The third-order valence-electron chi connectivity index (χ3n) is 4.76. The minimum atomic E-state index is -0.741. The lowest BCUT2D eigenvalue weighted by molar-refractivity contribution is 0.507. The summed E-state index contributed by atoms with van der Waals surface area (Å²) in [7, 11) is -0.741. The van der Waals surface area contributed by atoms with Crippen molar-refractivity contribution in [2.24, 2.45) is 5.14 Å². The van der Waals surface area contributed by atoms with Gasteiger partial charge in [-0.2, -0.15) is 10.2 Å². The van der Waals surface area contributed by atoms with Crippen molar-refractivity contribution in [1.29, 1.82) is 0 Å². The van der Waals surface area contributed by atoms with Crippen LogP contribution in [0, 0.1) is 0 Å².